The summed E-state index contributed by atoms with van der Waals surface area (Å²) in [6.07, 6.45) is 0. The molecular formula is C15H13BrFN3O. The van der Waals surface area contributed by atoms with Gasteiger partial charge in [0.15, 0.2) is 0 Å². The van der Waals surface area contributed by atoms with Gasteiger partial charge in [0.25, 0.3) is 0 Å². The number of nitrogens with two attached hydrogens (primary N) is 1. The van der Waals surface area contributed by atoms with Gasteiger partial charge in [0.1, 0.15) is 11.6 Å². The van der Waals surface area contributed by atoms with Gasteiger partial charge in [-0.2, -0.15) is 0 Å². The van der Waals surface area contributed by atoms with Crippen molar-refractivity contribution < 1.29 is 9.13 Å². The summed E-state index contributed by atoms with van der Waals surface area (Å²) in [7, 11) is 1.58. The van der Waals surface area contributed by atoms with Crippen LogP contribution in [0.5, 0.6) is 5.75 Å². The average molecular weight is 350 g/mol. The number of aromatic nitrogens is 2. The van der Waals surface area contributed by atoms with Gasteiger partial charge in [0.2, 0.25) is 5.95 Å². The van der Waals surface area contributed by atoms with Crippen LogP contribution in [-0.2, 0) is 0 Å². The fourth-order valence-electron chi connectivity index (χ4n) is 2.32. The van der Waals surface area contributed by atoms with Gasteiger partial charge >= 0.3 is 0 Å². The molecule has 0 aliphatic carbocycles. The van der Waals surface area contributed by atoms with Gasteiger partial charge in [-0.15, -0.1) is 0 Å². The molecule has 21 heavy (non-hydrogen) atoms. The molecular weight excluding hydrogens is 337 g/mol. The highest BCUT2D eigenvalue weighted by atomic mass is 79.9. The first kappa shape index (κ1) is 13.9. The lowest BCUT2D eigenvalue weighted by Crippen LogP contribution is -2.03. The average Bonchev–Trinajstić information content (AvgIpc) is 2.74. The van der Waals surface area contributed by atoms with Crippen LogP contribution >= 0.6 is 15.9 Å². The summed E-state index contributed by atoms with van der Waals surface area (Å²) in [4.78, 5) is 4.29. The van der Waals surface area contributed by atoms with E-state index in [-0.39, 0.29) is 11.8 Å². The predicted octanol–water partition coefficient (Wildman–Crippen LogP) is 3.83. The van der Waals surface area contributed by atoms with Crippen molar-refractivity contribution in [3.63, 3.8) is 0 Å². The van der Waals surface area contributed by atoms with E-state index >= 15 is 0 Å². The minimum atomic E-state index is -0.365. The van der Waals surface area contributed by atoms with Crippen LogP contribution in [-0.4, -0.2) is 16.7 Å². The van der Waals surface area contributed by atoms with E-state index in [4.69, 9.17) is 10.5 Å². The third kappa shape index (κ3) is 2.25. The number of benzene rings is 2. The van der Waals surface area contributed by atoms with Gasteiger partial charge in [-0.25, -0.2) is 9.37 Å². The molecule has 6 heteroatoms. The zero-order valence-corrected chi connectivity index (χ0v) is 13.1. The largest absolute Gasteiger partial charge is 0.495 e. The summed E-state index contributed by atoms with van der Waals surface area (Å²) < 4.78 is 21.3. The smallest absolute Gasteiger partial charge is 0.206 e. The minimum absolute atomic E-state index is 0.284. The number of nitrogen functional groups attached to an aromatic ring is 1. The third-order valence-electron chi connectivity index (χ3n) is 3.30. The van der Waals surface area contributed by atoms with Crippen LogP contribution in [0.2, 0.25) is 0 Å². The van der Waals surface area contributed by atoms with E-state index in [9.17, 15) is 4.39 Å². The Morgan fingerprint density at radius 3 is 2.76 bits per heavy atom. The number of imidazole rings is 1. The Kier molecular flexibility index (Phi) is 3.33. The number of anilines is 1. The van der Waals surface area contributed by atoms with Crippen molar-refractivity contribution in [2.45, 2.75) is 6.92 Å². The van der Waals surface area contributed by atoms with Gasteiger partial charge < -0.3 is 10.5 Å². The second kappa shape index (κ2) is 5.04. The second-order valence-electron chi connectivity index (χ2n) is 4.74. The minimum Gasteiger partial charge on any atom is -0.495 e. The lowest BCUT2D eigenvalue weighted by atomic mass is 10.2. The van der Waals surface area contributed by atoms with Gasteiger partial charge in [0.05, 0.1) is 28.3 Å². The van der Waals surface area contributed by atoms with Crippen LogP contribution in [0.15, 0.2) is 34.8 Å². The molecule has 2 N–H and O–H groups in total. The molecule has 0 aliphatic rings. The van der Waals surface area contributed by atoms with Crippen molar-refractivity contribution in [3.05, 3.63) is 46.2 Å². The van der Waals surface area contributed by atoms with Crippen molar-refractivity contribution in [2.75, 3.05) is 12.8 Å². The summed E-state index contributed by atoms with van der Waals surface area (Å²) >= 11 is 3.16. The number of nitrogens with zero attached hydrogens (tertiary/aromatic N) is 2. The van der Waals surface area contributed by atoms with Crippen LogP contribution in [0.3, 0.4) is 0 Å². The molecule has 0 atom stereocenters. The predicted molar refractivity (Wildman–Crippen MR) is 84.4 cm³/mol. The summed E-state index contributed by atoms with van der Waals surface area (Å²) in [6.45, 7) is 1.97. The molecule has 0 spiro atoms. The molecule has 108 valence electrons. The Bertz CT molecular complexity index is 845. The number of ether oxygens (including phenoxy) is 1. The van der Waals surface area contributed by atoms with E-state index < -0.39 is 0 Å². The second-order valence-corrected chi connectivity index (χ2v) is 5.59. The van der Waals surface area contributed by atoms with Gasteiger partial charge in [0, 0.05) is 6.07 Å². The van der Waals surface area contributed by atoms with Gasteiger partial charge in [-0.1, -0.05) is 6.07 Å². The summed E-state index contributed by atoms with van der Waals surface area (Å²) in [5.41, 5.74) is 9.01. The summed E-state index contributed by atoms with van der Waals surface area (Å²) in [6, 6.07) is 8.74. The third-order valence-corrected chi connectivity index (χ3v) is 3.91. The number of hydrogen-bond donors (Lipinski definition) is 1. The van der Waals surface area contributed by atoms with E-state index in [1.165, 1.54) is 6.07 Å². The van der Waals surface area contributed by atoms with E-state index in [1.54, 1.807) is 17.7 Å². The Labute approximate surface area is 129 Å². The van der Waals surface area contributed by atoms with E-state index in [0.717, 1.165) is 11.3 Å². The molecule has 2 aromatic carbocycles. The van der Waals surface area contributed by atoms with Crippen LogP contribution in [0.1, 0.15) is 5.56 Å². The van der Waals surface area contributed by atoms with Gasteiger partial charge in [-0.3, -0.25) is 4.57 Å². The highest BCUT2D eigenvalue weighted by Crippen LogP contribution is 2.32. The highest BCUT2D eigenvalue weighted by Gasteiger charge is 2.16. The number of fused-ring (bicyclic) bond motifs is 1. The number of aryl methyl sites for hydroxylation is 1. The molecule has 0 bridgehead atoms. The Balaban J connectivity index is 2.37. The first-order valence-corrected chi connectivity index (χ1v) is 7.08. The lowest BCUT2D eigenvalue weighted by molar-refractivity contribution is 0.413. The van der Waals surface area contributed by atoms with Crippen LogP contribution in [0, 0.1) is 12.7 Å². The van der Waals surface area contributed by atoms with Crippen molar-refractivity contribution in [1.29, 1.82) is 0 Å². The van der Waals surface area contributed by atoms with Crippen molar-refractivity contribution in [1.82, 2.24) is 9.55 Å². The lowest BCUT2D eigenvalue weighted by Gasteiger charge is -2.12. The Morgan fingerprint density at radius 2 is 2.05 bits per heavy atom. The molecule has 3 rings (SSSR count). The maximum absolute atomic E-state index is 13.9. The van der Waals surface area contributed by atoms with E-state index in [1.807, 2.05) is 25.1 Å². The maximum atomic E-state index is 13.9. The molecule has 0 saturated carbocycles. The summed E-state index contributed by atoms with van der Waals surface area (Å²) in [5.74, 6) is 0.566. The SMILES string of the molecule is COc1ccc(C)cc1-n1c(N)nc2cc(Br)c(F)cc21. The maximum Gasteiger partial charge on any atom is 0.206 e. The van der Waals surface area contributed by atoms with Crippen LogP contribution < -0.4 is 10.5 Å². The molecule has 0 saturated heterocycles. The highest BCUT2D eigenvalue weighted by molar-refractivity contribution is 9.10. The topological polar surface area (TPSA) is 53.1 Å². The standard InChI is InChI=1S/C15H13BrFN3O/c1-8-3-4-14(21-2)13(5-8)20-12-7-10(17)9(16)6-11(12)19-15(20)18/h3-7H,1-2H3,(H2,18,19). The fraction of sp³-hybridized carbons (Fsp3) is 0.133. The normalized spacial score (nSPS) is 11.0. The molecule has 1 aromatic heterocycles. The molecule has 1 heterocycles. The first-order chi connectivity index (χ1) is 10.0. The number of hydrogen-bond acceptors (Lipinski definition) is 3. The number of halogens is 2. The molecule has 4 nitrogen and oxygen atoms in total. The molecule has 0 radical (unpaired) electrons. The van der Waals surface area contributed by atoms with Crippen molar-refractivity contribution in [2.24, 2.45) is 0 Å². The molecule has 0 unspecified atom stereocenters. The van der Waals surface area contributed by atoms with Crippen molar-refractivity contribution >= 4 is 32.9 Å². The fourth-order valence-corrected chi connectivity index (χ4v) is 2.65. The van der Waals surface area contributed by atoms with Crippen LogP contribution in [0.4, 0.5) is 10.3 Å². The number of rotatable bonds is 2. The van der Waals surface area contributed by atoms with Crippen LogP contribution in [0.25, 0.3) is 16.7 Å². The molecule has 3 aromatic rings. The first-order valence-electron chi connectivity index (χ1n) is 6.29. The van der Waals surface area contributed by atoms with E-state index in [0.29, 0.717) is 21.3 Å². The summed E-state index contributed by atoms with van der Waals surface area (Å²) in [5, 5.41) is 0. The molecule has 0 fully saturated rings. The monoisotopic (exact) mass is 349 g/mol. The number of methoxy groups -OCH3 is 1. The van der Waals surface area contributed by atoms with Crippen molar-refractivity contribution in [3.8, 4) is 11.4 Å². The van der Waals surface area contributed by atoms with Gasteiger partial charge in [-0.05, 0) is 46.6 Å². The zero-order valence-electron chi connectivity index (χ0n) is 11.5. The Morgan fingerprint density at radius 1 is 1.29 bits per heavy atom. The quantitative estimate of drug-likeness (QED) is 0.764. The zero-order chi connectivity index (χ0) is 15.1. The molecule has 0 amide bonds. The van der Waals surface area contributed by atoms with E-state index in [2.05, 4.69) is 20.9 Å². The molecule has 0 aliphatic heterocycles. The Hall–Kier alpha value is -2.08.